The Hall–Kier alpha value is -3.55. The van der Waals surface area contributed by atoms with Crippen LogP contribution in [-0.2, 0) is 14.3 Å². The molecule has 0 aliphatic carbocycles. The van der Waals surface area contributed by atoms with Gasteiger partial charge in [0, 0.05) is 36.3 Å². The molecular formula is C23H24N2O6. The molecule has 0 radical (unpaired) electrons. The molecule has 8 nitrogen and oxygen atoms in total. The van der Waals surface area contributed by atoms with Crippen LogP contribution in [0.3, 0.4) is 0 Å². The van der Waals surface area contributed by atoms with Crippen molar-refractivity contribution in [2.24, 2.45) is 5.92 Å². The number of amides is 1. The van der Waals surface area contributed by atoms with Gasteiger partial charge in [-0.05, 0) is 42.2 Å². The second-order valence-corrected chi connectivity index (χ2v) is 7.64. The standard InChI is InChI=1S/C23H24N2O6/c1-3-15(2)16-4-8-19(9-5-16)24-13-18(12-22(24)27)23(28)31-14-21(26)17-6-10-20(11-7-17)25(29)30/h4-11,15,18H,3,12-14H2,1-2H3/t15-,18-/m0/s1. The summed E-state index contributed by atoms with van der Waals surface area (Å²) in [4.78, 5) is 48.7. The molecule has 1 heterocycles. The maximum atomic E-state index is 12.4. The van der Waals surface area contributed by atoms with Crippen molar-refractivity contribution in [3.63, 3.8) is 0 Å². The molecule has 1 saturated heterocycles. The summed E-state index contributed by atoms with van der Waals surface area (Å²) >= 11 is 0. The molecule has 0 saturated carbocycles. The van der Waals surface area contributed by atoms with E-state index in [-0.39, 0.29) is 30.1 Å². The van der Waals surface area contributed by atoms with Gasteiger partial charge in [0.15, 0.2) is 12.4 Å². The first-order chi connectivity index (χ1) is 14.8. The van der Waals surface area contributed by atoms with Gasteiger partial charge in [-0.2, -0.15) is 0 Å². The molecule has 2 aromatic rings. The van der Waals surface area contributed by atoms with Gasteiger partial charge in [-0.3, -0.25) is 24.5 Å². The number of benzene rings is 2. The number of carbonyl (C=O) groups is 3. The van der Waals surface area contributed by atoms with Gasteiger partial charge in [0.05, 0.1) is 10.8 Å². The van der Waals surface area contributed by atoms with Crippen LogP contribution in [-0.4, -0.2) is 35.7 Å². The zero-order valence-electron chi connectivity index (χ0n) is 17.4. The van der Waals surface area contributed by atoms with Gasteiger partial charge in [-0.25, -0.2) is 0 Å². The topological polar surface area (TPSA) is 107 Å². The Morgan fingerprint density at radius 1 is 1.16 bits per heavy atom. The number of nitro benzene ring substituents is 1. The molecule has 2 atom stereocenters. The summed E-state index contributed by atoms with van der Waals surface area (Å²) in [5.41, 5.74) is 2.01. The van der Waals surface area contributed by atoms with Crippen LogP contribution in [0.1, 0.15) is 48.5 Å². The number of anilines is 1. The van der Waals surface area contributed by atoms with E-state index < -0.39 is 29.2 Å². The van der Waals surface area contributed by atoms with Crippen molar-refractivity contribution in [3.8, 4) is 0 Å². The van der Waals surface area contributed by atoms with Gasteiger partial charge >= 0.3 is 5.97 Å². The lowest BCUT2D eigenvalue weighted by atomic mass is 9.98. The van der Waals surface area contributed by atoms with E-state index in [1.165, 1.54) is 29.8 Å². The Kier molecular flexibility index (Phi) is 6.79. The quantitative estimate of drug-likeness (QED) is 0.275. The molecular weight excluding hydrogens is 400 g/mol. The normalized spacial score (nSPS) is 16.8. The highest BCUT2D eigenvalue weighted by Crippen LogP contribution is 2.28. The van der Waals surface area contributed by atoms with Crippen molar-refractivity contribution in [1.82, 2.24) is 0 Å². The van der Waals surface area contributed by atoms with E-state index in [0.29, 0.717) is 5.92 Å². The van der Waals surface area contributed by atoms with Gasteiger partial charge in [0.25, 0.3) is 5.69 Å². The number of esters is 1. The average molecular weight is 424 g/mol. The Morgan fingerprint density at radius 2 is 1.81 bits per heavy atom. The minimum Gasteiger partial charge on any atom is -0.457 e. The lowest BCUT2D eigenvalue weighted by Gasteiger charge is -2.18. The summed E-state index contributed by atoms with van der Waals surface area (Å²) < 4.78 is 5.12. The molecule has 2 aromatic carbocycles. The van der Waals surface area contributed by atoms with Crippen LogP contribution in [0.5, 0.6) is 0 Å². The second kappa shape index (κ2) is 9.51. The highest BCUT2D eigenvalue weighted by atomic mass is 16.6. The molecule has 1 amide bonds. The van der Waals surface area contributed by atoms with E-state index in [4.69, 9.17) is 4.74 Å². The summed E-state index contributed by atoms with van der Waals surface area (Å²) in [7, 11) is 0. The SMILES string of the molecule is CC[C@H](C)c1ccc(N2C[C@@H](C(=O)OCC(=O)c3ccc([N+](=O)[O-])cc3)CC2=O)cc1. The fourth-order valence-electron chi connectivity index (χ4n) is 3.44. The van der Waals surface area contributed by atoms with E-state index in [9.17, 15) is 24.5 Å². The third kappa shape index (κ3) is 5.14. The number of hydrogen-bond acceptors (Lipinski definition) is 6. The van der Waals surface area contributed by atoms with E-state index >= 15 is 0 Å². The van der Waals surface area contributed by atoms with E-state index in [1.54, 1.807) is 4.90 Å². The zero-order chi connectivity index (χ0) is 22.5. The lowest BCUT2D eigenvalue weighted by Crippen LogP contribution is -2.27. The predicted molar refractivity (Wildman–Crippen MR) is 114 cm³/mol. The first-order valence-electron chi connectivity index (χ1n) is 10.1. The molecule has 1 aliphatic rings. The molecule has 3 rings (SSSR count). The minimum atomic E-state index is -0.647. The van der Waals surface area contributed by atoms with Crippen LogP contribution < -0.4 is 4.90 Å². The summed E-state index contributed by atoms with van der Waals surface area (Å²) in [6.07, 6.45) is 1.05. The van der Waals surface area contributed by atoms with Gasteiger partial charge in [0.2, 0.25) is 5.91 Å². The predicted octanol–water partition coefficient (Wildman–Crippen LogP) is 3.89. The highest BCUT2D eigenvalue weighted by Gasteiger charge is 2.36. The largest absolute Gasteiger partial charge is 0.457 e. The van der Waals surface area contributed by atoms with Gasteiger partial charge < -0.3 is 9.64 Å². The number of ketones is 1. The van der Waals surface area contributed by atoms with Crippen LogP contribution in [0.25, 0.3) is 0 Å². The van der Waals surface area contributed by atoms with Gasteiger partial charge in [-0.15, -0.1) is 0 Å². The Morgan fingerprint density at radius 3 is 2.39 bits per heavy atom. The molecule has 1 aliphatic heterocycles. The molecule has 8 heteroatoms. The van der Waals surface area contributed by atoms with Gasteiger partial charge in [0.1, 0.15) is 0 Å². The van der Waals surface area contributed by atoms with Crippen LogP contribution in [0.2, 0.25) is 0 Å². The second-order valence-electron chi connectivity index (χ2n) is 7.64. The highest BCUT2D eigenvalue weighted by molar-refractivity contribution is 6.01. The Bertz CT molecular complexity index is 984. The van der Waals surface area contributed by atoms with Crippen molar-refractivity contribution in [2.75, 3.05) is 18.1 Å². The molecule has 162 valence electrons. The van der Waals surface area contributed by atoms with E-state index in [0.717, 1.165) is 12.1 Å². The smallest absolute Gasteiger partial charge is 0.311 e. The first kappa shape index (κ1) is 22.1. The van der Waals surface area contributed by atoms with Gasteiger partial charge in [-0.1, -0.05) is 26.0 Å². The summed E-state index contributed by atoms with van der Waals surface area (Å²) in [5, 5.41) is 10.7. The third-order valence-corrected chi connectivity index (χ3v) is 5.59. The minimum absolute atomic E-state index is 0.0255. The number of non-ortho nitro benzene ring substituents is 1. The fraction of sp³-hybridized carbons (Fsp3) is 0.348. The summed E-state index contributed by atoms with van der Waals surface area (Å²) in [6, 6.07) is 12.8. The number of nitrogens with zero attached hydrogens (tertiary/aromatic N) is 2. The van der Waals surface area contributed by atoms with Crippen molar-refractivity contribution in [2.45, 2.75) is 32.6 Å². The number of Topliss-reactive ketones (excluding diaryl/α,β-unsaturated/α-hetero) is 1. The number of nitro groups is 1. The fourth-order valence-corrected chi connectivity index (χ4v) is 3.44. The van der Waals surface area contributed by atoms with Crippen LogP contribution in [0.4, 0.5) is 11.4 Å². The molecule has 1 fully saturated rings. The number of hydrogen-bond donors (Lipinski definition) is 0. The van der Waals surface area contributed by atoms with E-state index in [1.807, 2.05) is 24.3 Å². The number of carbonyl (C=O) groups excluding carboxylic acids is 3. The van der Waals surface area contributed by atoms with Crippen molar-refractivity contribution >= 4 is 29.0 Å². The van der Waals surface area contributed by atoms with Crippen LogP contribution in [0.15, 0.2) is 48.5 Å². The first-order valence-corrected chi connectivity index (χ1v) is 10.1. The maximum Gasteiger partial charge on any atom is 0.311 e. The average Bonchev–Trinajstić information content (AvgIpc) is 3.18. The Labute approximate surface area is 180 Å². The number of rotatable bonds is 8. The van der Waals surface area contributed by atoms with Crippen molar-refractivity contribution in [1.29, 1.82) is 0 Å². The van der Waals surface area contributed by atoms with Crippen LogP contribution >= 0.6 is 0 Å². The summed E-state index contributed by atoms with van der Waals surface area (Å²) in [5.74, 6) is -1.46. The van der Waals surface area contributed by atoms with Crippen molar-refractivity contribution < 1.29 is 24.0 Å². The molecule has 0 N–H and O–H groups in total. The Balaban J connectivity index is 1.56. The molecule has 0 bridgehead atoms. The van der Waals surface area contributed by atoms with Crippen molar-refractivity contribution in [3.05, 3.63) is 69.8 Å². The molecule has 31 heavy (non-hydrogen) atoms. The lowest BCUT2D eigenvalue weighted by molar-refractivity contribution is -0.384. The van der Waals surface area contributed by atoms with Crippen LogP contribution in [0, 0.1) is 16.0 Å². The zero-order valence-corrected chi connectivity index (χ0v) is 17.4. The molecule has 0 aromatic heterocycles. The monoisotopic (exact) mass is 424 g/mol. The van der Waals surface area contributed by atoms with E-state index in [2.05, 4.69) is 13.8 Å². The third-order valence-electron chi connectivity index (χ3n) is 5.59. The summed E-state index contributed by atoms with van der Waals surface area (Å²) in [6.45, 7) is 3.97. The number of ether oxygens (including phenoxy) is 1. The molecule has 0 unspecified atom stereocenters. The molecule has 0 spiro atoms. The maximum absolute atomic E-state index is 12.4.